The van der Waals surface area contributed by atoms with E-state index in [9.17, 15) is 40.8 Å². The van der Waals surface area contributed by atoms with Gasteiger partial charge in [-0.15, -0.1) is 0 Å². The van der Waals surface area contributed by atoms with Crippen LogP contribution in [0.3, 0.4) is 0 Å². The fourth-order valence-corrected chi connectivity index (χ4v) is 1.67. The molecule has 0 aliphatic rings. The van der Waals surface area contributed by atoms with Gasteiger partial charge in [-0.2, -0.15) is 22.0 Å². The lowest BCUT2D eigenvalue weighted by atomic mass is 10.2. The monoisotopic (exact) mass is 331 g/mol. The molecule has 0 aliphatic carbocycles. The Kier molecular flexibility index (Phi) is 3.50. The lowest BCUT2D eigenvalue weighted by molar-refractivity contribution is -0.383. The molecule has 1 aromatic heterocycles. The van der Waals surface area contributed by atoms with E-state index < -0.39 is 51.6 Å². The topological polar surface area (TPSA) is 71.8 Å². The van der Waals surface area contributed by atoms with Crippen molar-refractivity contribution >= 4 is 16.7 Å². The number of aromatic nitrogens is 2. The van der Waals surface area contributed by atoms with Crippen LogP contribution >= 0.6 is 0 Å². The minimum Gasteiger partial charge on any atom is -0.336 e. The van der Waals surface area contributed by atoms with Gasteiger partial charge in [0.25, 0.3) is 12.1 Å². The Balaban J connectivity index is 2.74. The molecule has 2 aromatic rings. The van der Waals surface area contributed by atoms with Crippen LogP contribution in [0, 0.1) is 10.1 Å². The molecule has 0 aliphatic heterocycles. The van der Waals surface area contributed by atoms with Crippen molar-refractivity contribution in [2.24, 2.45) is 0 Å². The molecule has 120 valence electrons. The zero-order valence-electron chi connectivity index (χ0n) is 10.1. The summed E-state index contributed by atoms with van der Waals surface area (Å²) in [6, 6.07) is 0.888. The number of benzene rings is 1. The van der Waals surface area contributed by atoms with E-state index in [4.69, 9.17) is 0 Å². The zero-order valence-corrected chi connectivity index (χ0v) is 10.1. The van der Waals surface area contributed by atoms with Crippen molar-refractivity contribution in [1.82, 2.24) is 9.97 Å². The molecule has 12 heteroatoms. The van der Waals surface area contributed by atoms with Crippen LogP contribution < -0.4 is 0 Å². The van der Waals surface area contributed by atoms with E-state index in [1.54, 1.807) is 0 Å². The molecule has 0 saturated heterocycles. The van der Waals surface area contributed by atoms with Crippen molar-refractivity contribution in [2.45, 2.75) is 18.5 Å². The fraction of sp³-hybridized carbons (Fsp3) is 0.300. The number of imidazole rings is 1. The number of aromatic amines is 1. The standard InChI is InChI=1S/C10H4F7N3O2/c11-7(12)3-1-4-6(5(2-3)20(21)22)19-8(18-4)9(13,14)10(15,16)17/h1-2,7H,(H,18,19). The average molecular weight is 331 g/mol. The highest BCUT2D eigenvalue weighted by Gasteiger charge is 2.61. The maximum absolute atomic E-state index is 13.2. The predicted molar refractivity (Wildman–Crippen MR) is 57.7 cm³/mol. The first-order valence-corrected chi connectivity index (χ1v) is 5.36. The van der Waals surface area contributed by atoms with Gasteiger partial charge in [-0.25, -0.2) is 13.8 Å². The molecule has 0 unspecified atom stereocenters. The van der Waals surface area contributed by atoms with Crippen molar-refractivity contribution in [3.63, 3.8) is 0 Å². The van der Waals surface area contributed by atoms with E-state index in [-0.39, 0.29) is 0 Å². The SMILES string of the molecule is O=[N+]([O-])c1cc(C(F)F)cc2[nH]c(C(F)(F)C(F)(F)F)nc12. The molecule has 0 bridgehead atoms. The Bertz CT molecular complexity index is 738. The van der Waals surface area contributed by atoms with Crippen LogP contribution in [0.15, 0.2) is 12.1 Å². The number of nitro groups is 1. The molecule has 22 heavy (non-hydrogen) atoms. The van der Waals surface area contributed by atoms with Crippen LogP contribution in [0.1, 0.15) is 17.8 Å². The van der Waals surface area contributed by atoms with Gasteiger partial charge in [0, 0.05) is 11.6 Å². The van der Waals surface area contributed by atoms with Crippen molar-refractivity contribution in [1.29, 1.82) is 0 Å². The maximum atomic E-state index is 13.2. The van der Waals surface area contributed by atoms with Gasteiger partial charge >= 0.3 is 12.1 Å². The molecule has 5 nitrogen and oxygen atoms in total. The first-order chi connectivity index (χ1) is 9.95. The van der Waals surface area contributed by atoms with Crippen LogP contribution in [0.5, 0.6) is 0 Å². The molecule has 1 N–H and O–H groups in total. The molecule has 0 amide bonds. The first kappa shape index (κ1) is 16.0. The van der Waals surface area contributed by atoms with Gasteiger partial charge in [-0.3, -0.25) is 10.1 Å². The Morgan fingerprint density at radius 1 is 1.18 bits per heavy atom. The van der Waals surface area contributed by atoms with Gasteiger partial charge in [0.2, 0.25) is 0 Å². The Hall–Kier alpha value is -2.40. The minimum atomic E-state index is -6.00. The quantitative estimate of drug-likeness (QED) is 0.524. The number of rotatable bonds is 3. The number of hydrogen-bond acceptors (Lipinski definition) is 3. The number of hydrogen-bond donors (Lipinski definition) is 1. The average Bonchev–Trinajstić information content (AvgIpc) is 2.79. The second-order valence-electron chi connectivity index (χ2n) is 4.15. The number of non-ortho nitro benzene ring substituents is 1. The number of nitro benzene ring substituents is 1. The number of halogens is 7. The van der Waals surface area contributed by atoms with Gasteiger partial charge < -0.3 is 4.98 Å². The van der Waals surface area contributed by atoms with E-state index in [2.05, 4.69) is 4.98 Å². The summed E-state index contributed by atoms with van der Waals surface area (Å²) in [5.74, 6) is -7.32. The Morgan fingerprint density at radius 2 is 1.77 bits per heavy atom. The highest BCUT2D eigenvalue weighted by Crippen LogP contribution is 2.43. The molecular weight excluding hydrogens is 327 g/mol. The Labute approximate surface area is 115 Å². The van der Waals surface area contributed by atoms with Gasteiger partial charge in [0.15, 0.2) is 11.3 Å². The molecule has 1 heterocycles. The van der Waals surface area contributed by atoms with E-state index in [0.717, 1.165) is 0 Å². The smallest absolute Gasteiger partial charge is 0.336 e. The summed E-state index contributed by atoms with van der Waals surface area (Å²) in [6.45, 7) is 0. The second-order valence-corrected chi connectivity index (χ2v) is 4.15. The Morgan fingerprint density at radius 3 is 2.23 bits per heavy atom. The summed E-state index contributed by atoms with van der Waals surface area (Å²) in [4.78, 5) is 13.9. The first-order valence-electron chi connectivity index (χ1n) is 5.36. The molecule has 0 saturated carbocycles. The molecule has 0 radical (unpaired) electrons. The summed E-state index contributed by atoms with van der Waals surface area (Å²) in [7, 11) is 0. The van der Waals surface area contributed by atoms with Crippen molar-refractivity contribution in [3.8, 4) is 0 Å². The predicted octanol–water partition coefficient (Wildman–Crippen LogP) is 4.06. The van der Waals surface area contributed by atoms with Gasteiger partial charge in [-0.05, 0) is 6.07 Å². The third kappa shape index (κ3) is 2.44. The molecule has 0 fully saturated rings. The molecular formula is C10H4F7N3O2. The van der Waals surface area contributed by atoms with E-state index in [1.807, 2.05) is 0 Å². The van der Waals surface area contributed by atoms with Gasteiger partial charge in [-0.1, -0.05) is 0 Å². The third-order valence-corrected chi connectivity index (χ3v) is 2.69. The second kappa shape index (κ2) is 4.81. The van der Waals surface area contributed by atoms with Crippen LogP contribution in [-0.2, 0) is 5.92 Å². The van der Waals surface area contributed by atoms with Crippen LogP contribution in [0.25, 0.3) is 11.0 Å². The lowest BCUT2D eigenvalue weighted by Gasteiger charge is -2.16. The summed E-state index contributed by atoms with van der Waals surface area (Å²) in [6.07, 6.45) is -9.18. The van der Waals surface area contributed by atoms with Crippen LogP contribution in [0.2, 0.25) is 0 Å². The largest absolute Gasteiger partial charge is 0.461 e. The summed E-state index contributed by atoms with van der Waals surface area (Å²) < 4.78 is 88.2. The van der Waals surface area contributed by atoms with E-state index >= 15 is 0 Å². The molecule has 2 rings (SSSR count). The third-order valence-electron chi connectivity index (χ3n) is 2.69. The molecule has 1 aromatic carbocycles. The molecule has 0 spiro atoms. The van der Waals surface area contributed by atoms with Crippen LogP contribution in [0.4, 0.5) is 36.4 Å². The maximum Gasteiger partial charge on any atom is 0.461 e. The van der Waals surface area contributed by atoms with Crippen molar-refractivity contribution < 1.29 is 35.7 Å². The lowest BCUT2D eigenvalue weighted by Crippen LogP contribution is -2.34. The summed E-state index contributed by atoms with van der Waals surface area (Å²) in [5.41, 5.74) is -3.60. The number of nitrogens with zero attached hydrogens (tertiary/aromatic N) is 2. The zero-order chi connectivity index (χ0) is 16.9. The number of fused-ring (bicyclic) bond motifs is 1. The number of nitrogens with one attached hydrogen (secondary N) is 1. The summed E-state index contributed by atoms with van der Waals surface area (Å²) in [5, 5.41) is 10.7. The highest BCUT2D eigenvalue weighted by molar-refractivity contribution is 5.85. The summed E-state index contributed by atoms with van der Waals surface area (Å²) >= 11 is 0. The minimum absolute atomic E-state index is 0.364. The van der Waals surface area contributed by atoms with Gasteiger partial charge in [0.1, 0.15) is 0 Å². The number of H-pyrrole nitrogens is 1. The molecule has 0 atom stereocenters. The van der Waals surface area contributed by atoms with Crippen molar-refractivity contribution in [2.75, 3.05) is 0 Å². The number of alkyl halides is 7. The normalized spacial score (nSPS) is 13.1. The van der Waals surface area contributed by atoms with E-state index in [1.165, 1.54) is 4.98 Å². The van der Waals surface area contributed by atoms with E-state index in [0.29, 0.717) is 12.1 Å². The van der Waals surface area contributed by atoms with Crippen molar-refractivity contribution in [3.05, 3.63) is 33.6 Å². The highest BCUT2D eigenvalue weighted by atomic mass is 19.4. The van der Waals surface area contributed by atoms with Crippen LogP contribution in [-0.4, -0.2) is 21.1 Å². The fourth-order valence-electron chi connectivity index (χ4n) is 1.67. The van der Waals surface area contributed by atoms with Gasteiger partial charge in [0.05, 0.1) is 10.4 Å².